The lowest BCUT2D eigenvalue weighted by atomic mass is 10.1. The number of pyridine rings is 1. The third kappa shape index (κ3) is 6.34. The molecule has 2 aromatic heterocycles. The maximum absolute atomic E-state index is 13.2. The number of hydrogen-bond donors (Lipinski definition) is 0. The Balaban J connectivity index is 0.00000152. The number of benzene rings is 2. The van der Waals surface area contributed by atoms with Crippen molar-refractivity contribution >= 4 is 54.0 Å². The Bertz CT molecular complexity index is 1320. The molecule has 1 fully saturated rings. The zero-order valence-corrected chi connectivity index (χ0v) is 21.9. The molecular formula is C26H27Cl3N6O. The Morgan fingerprint density at radius 2 is 1.64 bits per heavy atom. The van der Waals surface area contributed by atoms with E-state index in [2.05, 4.69) is 25.5 Å². The van der Waals surface area contributed by atoms with E-state index in [4.69, 9.17) is 5.26 Å². The van der Waals surface area contributed by atoms with E-state index in [1.165, 1.54) is 0 Å². The van der Waals surface area contributed by atoms with Crippen LogP contribution in [0.25, 0.3) is 10.9 Å². The van der Waals surface area contributed by atoms with E-state index in [0.717, 1.165) is 41.8 Å². The lowest BCUT2D eigenvalue weighted by molar-refractivity contribution is 0.0627. The van der Waals surface area contributed by atoms with Crippen LogP contribution < -0.4 is 0 Å². The van der Waals surface area contributed by atoms with Crippen LogP contribution in [-0.2, 0) is 13.1 Å². The van der Waals surface area contributed by atoms with Crippen molar-refractivity contribution in [3.05, 3.63) is 95.7 Å². The molecule has 0 bridgehead atoms. The largest absolute Gasteiger partial charge is 0.336 e. The summed E-state index contributed by atoms with van der Waals surface area (Å²) in [5.41, 5.74) is 4.36. The van der Waals surface area contributed by atoms with Crippen LogP contribution in [0, 0.1) is 11.3 Å². The van der Waals surface area contributed by atoms with Gasteiger partial charge in [-0.15, -0.1) is 37.2 Å². The highest BCUT2D eigenvalue weighted by Crippen LogP contribution is 2.19. The smallest absolute Gasteiger partial charge is 0.256 e. The summed E-state index contributed by atoms with van der Waals surface area (Å²) < 4.78 is 2.14. The summed E-state index contributed by atoms with van der Waals surface area (Å²) in [6, 6.07) is 19.4. The zero-order valence-electron chi connectivity index (χ0n) is 19.5. The predicted molar refractivity (Wildman–Crippen MR) is 147 cm³/mol. The standard InChI is InChI=1S/C26H24N6O.3ClH/c27-15-20-6-8-21(9-7-20)17-32-19-28-16-23(32)18-30-11-13-31(14-12-30)26(33)24-5-1-3-22-4-2-10-29-25(22)24;;;/h1-10,16,19H,11-14,17-18H2;3*1H. The molecule has 7 nitrogen and oxygen atoms in total. The molecule has 1 aliphatic rings. The maximum Gasteiger partial charge on any atom is 0.256 e. The van der Waals surface area contributed by atoms with E-state index in [1.807, 2.05) is 72.0 Å². The SMILES string of the molecule is Cl.Cl.Cl.N#Cc1ccc(Cn2cncc2CN2CCN(C(=O)c3cccc4cccnc34)CC2)cc1. The summed E-state index contributed by atoms with van der Waals surface area (Å²) in [7, 11) is 0. The first-order valence-electron chi connectivity index (χ1n) is 11.0. The van der Waals surface area contributed by atoms with Gasteiger partial charge < -0.3 is 9.47 Å². The molecule has 4 aromatic rings. The molecule has 36 heavy (non-hydrogen) atoms. The van der Waals surface area contributed by atoms with E-state index >= 15 is 0 Å². The monoisotopic (exact) mass is 544 g/mol. The Labute approximate surface area is 229 Å². The molecule has 0 radical (unpaired) electrons. The number of aromatic nitrogens is 3. The summed E-state index contributed by atoms with van der Waals surface area (Å²) in [4.78, 5) is 26.2. The number of para-hydroxylation sites is 1. The maximum atomic E-state index is 13.2. The molecule has 0 N–H and O–H groups in total. The molecule has 1 aliphatic heterocycles. The average Bonchev–Trinajstić information content (AvgIpc) is 3.30. The number of nitriles is 1. The van der Waals surface area contributed by atoms with Crippen LogP contribution in [0.5, 0.6) is 0 Å². The summed E-state index contributed by atoms with van der Waals surface area (Å²) in [5, 5.41) is 9.96. The fourth-order valence-electron chi connectivity index (χ4n) is 4.29. The molecule has 0 atom stereocenters. The third-order valence-electron chi connectivity index (χ3n) is 6.14. The van der Waals surface area contributed by atoms with Crippen LogP contribution in [0.2, 0.25) is 0 Å². The second-order valence-electron chi connectivity index (χ2n) is 8.27. The zero-order chi connectivity index (χ0) is 22.6. The second-order valence-corrected chi connectivity index (χ2v) is 8.27. The first-order chi connectivity index (χ1) is 16.2. The van der Waals surface area contributed by atoms with Gasteiger partial charge in [0.1, 0.15) is 0 Å². The van der Waals surface area contributed by atoms with Crippen molar-refractivity contribution in [3.63, 3.8) is 0 Å². The number of imidazole rings is 1. The van der Waals surface area contributed by atoms with Crippen LogP contribution in [0.15, 0.2) is 73.3 Å². The van der Waals surface area contributed by atoms with Crippen molar-refractivity contribution < 1.29 is 4.79 Å². The van der Waals surface area contributed by atoms with Crippen LogP contribution in [0.4, 0.5) is 0 Å². The minimum atomic E-state index is 0. The first-order valence-corrected chi connectivity index (χ1v) is 11.0. The van der Waals surface area contributed by atoms with Crippen molar-refractivity contribution in [2.75, 3.05) is 26.2 Å². The van der Waals surface area contributed by atoms with Crippen molar-refractivity contribution in [1.82, 2.24) is 24.3 Å². The van der Waals surface area contributed by atoms with Crippen LogP contribution in [0.1, 0.15) is 27.2 Å². The molecule has 0 saturated carbocycles. The molecule has 10 heteroatoms. The van der Waals surface area contributed by atoms with E-state index in [-0.39, 0.29) is 43.1 Å². The number of amides is 1. The highest BCUT2D eigenvalue weighted by atomic mass is 35.5. The number of rotatable bonds is 5. The Morgan fingerprint density at radius 1 is 0.917 bits per heavy atom. The molecule has 3 heterocycles. The summed E-state index contributed by atoms with van der Waals surface area (Å²) >= 11 is 0. The van der Waals surface area contributed by atoms with Gasteiger partial charge in [-0.3, -0.25) is 14.7 Å². The number of piperazine rings is 1. The van der Waals surface area contributed by atoms with Crippen molar-refractivity contribution in [2.24, 2.45) is 0 Å². The number of halogens is 3. The molecule has 0 spiro atoms. The number of fused-ring (bicyclic) bond motifs is 1. The lowest BCUT2D eigenvalue weighted by Crippen LogP contribution is -2.48. The van der Waals surface area contributed by atoms with E-state index in [0.29, 0.717) is 30.8 Å². The first kappa shape index (κ1) is 29.1. The molecule has 2 aromatic carbocycles. The highest BCUT2D eigenvalue weighted by Gasteiger charge is 2.24. The fraction of sp³-hybridized carbons (Fsp3) is 0.231. The Morgan fingerprint density at radius 3 is 2.36 bits per heavy atom. The van der Waals surface area contributed by atoms with E-state index < -0.39 is 0 Å². The number of hydrogen-bond acceptors (Lipinski definition) is 5. The van der Waals surface area contributed by atoms with Crippen molar-refractivity contribution in [3.8, 4) is 6.07 Å². The topological polar surface area (TPSA) is 78.0 Å². The number of carbonyl (C=O) groups excluding carboxylic acids is 1. The molecule has 0 aliphatic carbocycles. The minimum Gasteiger partial charge on any atom is -0.336 e. The van der Waals surface area contributed by atoms with Crippen LogP contribution in [0.3, 0.4) is 0 Å². The van der Waals surface area contributed by atoms with Gasteiger partial charge in [-0.05, 0) is 29.8 Å². The molecule has 0 unspecified atom stereocenters. The molecule has 1 saturated heterocycles. The van der Waals surface area contributed by atoms with Gasteiger partial charge >= 0.3 is 0 Å². The van der Waals surface area contributed by atoms with Gasteiger partial charge in [-0.25, -0.2) is 4.98 Å². The van der Waals surface area contributed by atoms with Gasteiger partial charge in [0.05, 0.1) is 34.7 Å². The second kappa shape index (κ2) is 13.2. The number of carbonyl (C=O) groups is 1. The Kier molecular flexibility index (Phi) is 10.7. The molecular weight excluding hydrogens is 519 g/mol. The average molecular weight is 546 g/mol. The summed E-state index contributed by atoms with van der Waals surface area (Å²) in [6.07, 6.45) is 5.49. The normalized spacial score (nSPS) is 13.1. The van der Waals surface area contributed by atoms with Crippen molar-refractivity contribution in [1.29, 1.82) is 5.26 Å². The van der Waals surface area contributed by atoms with Gasteiger partial charge in [-0.1, -0.05) is 30.3 Å². The number of nitrogens with zero attached hydrogens (tertiary/aromatic N) is 6. The highest BCUT2D eigenvalue weighted by molar-refractivity contribution is 6.05. The van der Waals surface area contributed by atoms with Crippen LogP contribution >= 0.6 is 37.2 Å². The molecule has 1 amide bonds. The summed E-state index contributed by atoms with van der Waals surface area (Å²) in [6.45, 7) is 4.50. The van der Waals surface area contributed by atoms with E-state index in [1.54, 1.807) is 6.20 Å². The van der Waals surface area contributed by atoms with Crippen LogP contribution in [-0.4, -0.2) is 56.4 Å². The minimum absolute atomic E-state index is 0. The predicted octanol–water partition coefficient (Wildman–Crippen LogP) is 4.57. The van der Waals surface area contributed by atoms with Gasteiger partial charge in [-0.2, -0.15) is 5.26 Å². The van der Waals surface area contributed by atoms with Gasteiger partial charge in [0.25, 0.3) is 5.91 Å². The third-order valence-corrected chi connectivity index (χ3v) is 6.14. The van der Waals surface area contributed by atoms with Gasteiger partial charge in [0.15, 0.2) is 0 Å². The van der Waals surface area contributed by atoms with Gasteiger partial charge in [0.2, 0.25) is 0 Å². The summed E-state index contributed by atoms with van der Waals surface area (Å²) in [5.74, 6) is 0.0461. The molecule has 5 rings (SSSR count). The Hall–Kier alpha value is -3.15. The van der Waals surface area contributed by atoms with Crippen molar-refractivity contribution in [2.45, 2.75) is 13.1 Å². The van der Waals surface area contributed by atoms with E-state index in [9.17, 15) is 4.79 Å². The molecule has 188 valence electrons. The lowest BCUT2D eigenvalue weighted by Gasteiger charge is -2.35. The fourth-order valence-corrected chi connectivity index (χ4v) is 4.29. The quantitative estimate of drug-likeness (QED) is 0.367. The van der Waals surface area contributed by atoms with Gasteiger partial charge in [0, 0.05) is 57.0 Å².